The normalized spacial score (nSPS) is 12.8. The molecule has 148 valence electrons. The maximum Gasteiger partial charge on any atom is 0.337 e. The minimum absolute atomic E-state index is 0.0130. The molecule has 29 heavy (non-hydrogen) atoms. The number of fused-ring (bicyclic) bond motifs is 1. The van der Waals surface area contributed by atoms with Gasteiger partial charge in [-0.15, -0.1) is 0 Å². The molecule has 7 heteroatoms. The van der Waals surface area contributed by atoms with Gasteiger partial charge in [-0.2, -0.15) is 0 Å². The highest BCUT2D eigenvalue weighted by atomic mass is 16.5. The zero-order chi connectivity index (χ0) is 20.5. The van der Waals surface area contributed by atoms with Crippen LogP contribution in [-0.4, -0.2) is 35.6 Å². The third-order valence-corrected chi connectivity index (χ3v) is 5.12. The zero-order valence-electron chi connectivity index (χ0n) is 16.5. The Morgan fingerprint density at radius 2 is 1.76 bits per heavy atom. The number of hydrogen-bond donors (Lipinski definition) is 0. The lowest BCUT2D eigenvalue weighted by Crippen LogP contribution is -2.26. The molecule has 1 aliphatic rings. The molecular formula is C22H21N3O4. The minimum atomic E-state index is -0.378. The predicted octanol–water partition coefficient (Wildman–Crippen LogP) is 3.20. The van der Waals surface area contributed by atoms with Crippen molar-refractivity contribution in [1.29, 1.82) is 0 Å². The van der Waals surface area contributed by atoms with Crippen LogP contribution < -0.4 is 9.64 Å². The average Bonchev–Trinajstić information content (AvgIpc) is 3.23. The molecule has 4 rings (SSSR count). The fourth-order valence-electron chi connectivity index (χ4n) is 3.47. The van der Waals surface area contributed by atoms with E-state index in [9.17, 15) is 9.59 Å². The first-order valence-electron chi connectivity index (χ1n) is 9.21. The van der Waals surface area contributed by atoms with Crippen molar-refractivity contribution < 1.29 is 19.1 Å². The molecular weight excluding hydrogens is 370 g/mol. The van der Waals surface area contributed by atoms with Crippen molar-refractivity contribution >= 4 is 17.8 Å². The first kappa shape index (κ1) is 18.7. The summed E-state index contributed by atoms with van der Waals surface area (Å²) in [4.78, 5) is 30.6. The average molecular weight is 391 g/mol. The molecule has 0 radical (unpaired) electrons. The Bertz CT molecular complexity index is 1070. The SMILES string of the molecule is COC(=O)c1ccc(-c2nc3n(c2C)CC(=O)N3Cc2ccc(OC)cc2)cc1. The summed E-state index contributed by atoms with van der Waals surface area (Å²) in [5.74, 6) is 1.04. The van der Waals surface area contributed by atoms with E-state index in [4.69, 9.17) is 14.5 Å². The van der Waals surface area contributed by atoms with Crippen LogP contribution in [0.3, 0.4) is 0 Å². The van der Waals surface area contributed by atoms with Crippen LogP contribution in [0.4, 0.5) is 5.95 Å². The number of benzene rings is 2. The molecule has 0 aliphatic carbocycles. The van der Waals surface area contributed by atoms with Crippen LogP contribution in [-0.2, 0) is 22.6 Å². The van der Waals surface area contributed by atoms with Crippen molar-refractivity contribution in [2.45, 2.75) is 20.0 Å². The second kappa shape index (κ2) is 7.43. The highest BCUT2D eigenvalue weighted by Crippen LogP contribution is 2.32. The van der Waals surface area contributed by atoms with Crippen molar-refractivity contribution in [3.8, 4) is 17.0 Å². The number of imidazole rings is 1. The number of anilines is 1. The molecule has 0 spiro atoms. The molecule has 2 heterocycles. The van der Waals surface area contributed by atoms with Gasteiger partial charge in [0.2, 0.25) is 11.9 Å². The van der Waals surface area contributed by atoms with Gasteiger partial charge in [0.15, 0.2) is 0 Å². The first-order chi connectivity index (χ1) is 14.0. The summed E-state index contributed by atoms with van der Waals surface area (Å²) in [5.41, 5.74) is 4.07. The number of carbonyl (C=O) groups excluding carboxylic acids is 2. The second-order valence-corrected chi connectivity index (χ2v) is 6.83. The zero-order valence-corrected chi connectivity index (χ0v) is 16.5. The van der Waals surface area contributed by atoms with Crippen molar-refractivity contribution in [1.82, 2.24) is 9.55 Å². The Morgan fingerprint density at radius 3 is 2.38 bits per heavy atom. The van der Waals surface area contributed by atoms with E-state index in [1.54, 1.807) is 24.1 Å². The van der Waals surface area contributed by atoms with E-state index >= 15 is 0 Å². The van der Waals surface area contributed by atoms with Gasteiger partial charge < -0.3 is 14.0 Å². The van der Waals surface area contributed by atoms with Crippen molar-refractivity contribution in [2.75, 3.05) is 19.1 Å². The molecule has 0 atom stereocenters. The van der Waals surface area contributed by atoms with Crippen LogP contribution in [0.25, 0.3) is 11.3 Å². The van der Waals surface area contributed by atoms with Crippen molar-refractivity contribution in [3.05, 3.63) is 65.4 Å². The minimum Gasteiger partial charge on any atom is -0.497 e. The summed E-state index contributed by atoms with van der Waals surface area (Å²) in [6, 6.07) is 14.7. The Morgan fingerprint density at radius 1 is 1.07 bits per heavy atom. The molecule has 1 aromatic heterocycles. The summed E-state index contributed by atoms with van der Waals surface area (Å²) < 4.78 is 11.9. The molecule has 0 saturated heterocycles. The Labute approximate surface area is 168 Å². The third kappa shape index (κ3) is 3.35. The summed E-state index contributed by atoms with van der Waals surface area (Å²) in [6.07, 6.45) is 0. The smallest absolute Gasteiger partial charge is 0.337 e. The summed E-state index contributed by atoms with van der Waals surface area (Å²) in [6.45, 7) is 2.66. The molecule has 0 bridgehead atoms. The third-order valence-electron chi connectivity index (χ3n) is 5.12. The van der Waals surface area contributed by atoms with Crippen LogP contribution in [0, 0.1) is 6.92 Å². The first-order valence-corrected chi connectivity index (χ1v) is 9.21. The van der Waals surface area contributed by atoms with Gasteiger partial charge in [0, 0.05) is 11.3 Å². The van der Waals surface area contributed by atoms with Crippen LogP contribution in [0.1, 0.15) is 21.6 Å². The number of carbonyl (C=O) groups is 2. The molecule has 0 unspecified atom stereocenters. The number of rotatable bonds is 5. The van der Waals surface area contributed by atoms with Gasteiger partial charge in [-0.1, -0.05) is 24.3 Å². The van der Waals surface area contributed by atoms with E-state index in [1.807, 2.05) is 47.9 Å². The Hall–Kier alpha value is -3.61. The number of aromatic nitrogens is 2. The van der Waals surface area contributed by atoms with E-state index in [2.05, 4.69) is 0 Å². The van der Waals surface area contributed by atoms with Gasteiger partial charge in [-0.3, -0.25) is 9.69 Å². The van der Waals surface area contributed by atoms with Gasteiger partial charge in [0.05, 0.1) is 32.0 Å². The van der Waals surface area contributed by atoms with E-state index in [0.717, 1.165) is 28.3 Å². The Balaban J connectivity index is 1.63. The number of hydrogen-bond acceptors (Lipinski definition) is 5. The van der Waals surface area contributed by atoms with E-state index in [-0.39, 0.29) is 18.4 Å². The van der Waals surface area contributed by atoms with Crippen LogP contribution >= 0.6 is 0 Å². The lowest BCUT2D eigenvalue weighted by Gasteiger charge is -2.14. The van der Waals surface area contributed by atoms with Crippen LogP contribution in [0.2, 0.25) is 0 Å². The number of amides is 1. The summed E-state index contributed by atoms with van der Waals surface area (Å²) in [5, 5.41) is 0. The van der Waals surface area contributed by atoms with Gasteiger partial charge in [-0.25, -0.2) is 9.78 Å². The molecule has 1 aliphatic heterocycles. The second-order valence-electron chi connectivity index (χ2n) is 6.83. The standard InChI is InChI=1S/C22H21N3O4/c1-14-20(16-6-8-17(9-7-16)21(27)29-3)23-22-24(14)13-19(26)25(22)12-15-4-10-18(28-2)11-5-15/h4-11H,12-13H2,1-3H3. The fraction of sp³-hybridized carbons (Fsp3) is 0.227. The number of ether oxygens (including phenoxy) is 2. The van der Waals surface area contributed by atoms with E-state index < -0.39 is 0 Å². The van der Waals surface area contributed by atoms with E-state index in [1.165, 1.54) is 7.11 Å². The van der Waals surface area contributed by atoms with Crippen molar-refractivity contribution in [2.24, 2.45) is 0 Å². The number of nitrogens with zero attached hydrogens (tertiary/aromatic N) is 3. The molecule has 0 fully saturated rings. The topological polar surface area (TPSA) is 73.7 Å². The monoisotopic (exact) mass is 391 g/mol. The molecule has 7 nitrogen and oxygen atoms in total. The molecule has 3 aromatic rings. The maximum absolute atomic E-state index is 12.6. The summed E-state index contributed by atoms with van der Waals surface area (Å²) >= 11 is 0. The molecule has 1 amide bonds. The predicted molar refractivity (Wildman–Crippen MR) is 108 cm³/mol. The number of esters is 1. The molecule has 2 aromatic carbocycles. The van der Waals surface area contributed by atoms with Gasteiger partial charge >= 0.3 is 5.97 Å². The van der Waals surface area contributed by atoms with Gasteiger partial charge in [-0.05, 0) is 36.8 Å². The van der Waals surface area contributed by atoms with Gasteiger partial charge in [0.1, 0.15) is 12.3 Å². The highest BCUT2D eigenvalue weighted by Gasteiger charge is 2.32. The van der Waals surface area contributed by atoms with Crippen LogP contribution in [0.5, 0.6) is 5.75 Å². The van der Waals surface area contributed by atoms with Crippen LogP contribution in [0.15, 0.2) is 48.5 Å². The maximum atomic E-state index is 12.6. The number of methoxy groups -OCH3 is 2. The van der Waals surface area contributed by atoms with Gasteiger partial charge in [0.25, 0.3) is 0 Å². The Kier molecular flexibility index (Phi) is 4.80. The largest absolute Gasteiger partial charge is 0.497 e. The summed E-state index contributed by atoms with van der Waals surface area (Å²) in [7, 11) is 2.98. The lowest BCUT2D eigenvalue weighted by molar-refractivity contribution is -0.118. The van der Waals surface area contributed by atoms with Crippen molar-refractivity contribution in [3.63, 3.8) is 0 Å². The van der Waals surface area contributed by atoms with E-state index in [0.29, 0.717) is 18.1 Å². The highest BCUT2D eigenvalue weighted by molar-refractivity contribution is 5.96. The molecule has 0 N–H and O–H groups in total. The molecule has 0 saturated carbocycles. The fourth-order valence-corrected chi connectivity index (χ4v) is 3.47. The quantitative estimate of drug-likeness (QED) is 0.625. The lowest BCUT2D eigenvalue weighted by atomic mass is 10.1.